The highest BCUT2D eigenvalue weighted by molar-refractivity contribution is 7.93. The van der Waals surface area contributed by atoms with Crippen LogP contribution in [0.2, 0.25) is 5.02 Å². The molecule has 0 saturated carbocycles. The van der Waals surface area contributed by atoms with Crippen LogP contribution in [-0.4, -0.2) is 13.7 Å². The van der Waals surface area contributed by atoms with Gasteiger partial charge < -0.3 is 0 Å². The summed E-state index contributed by atoms with van der Waals surface area (Å²) in [5.74, 6) is -2.07. The number of rotatable bonds is 4. The number of nitrogens with one attached hydrogen (secondary N) is 1. The van der Waals surface area contributed by atoms with Gasteiger partial charge in [0, 0.05) is 6.07 Å². The molecule has 1 N–H and O–H groups in total. The Bertz CT molecular complexity index is 575. The highest BCUT2D eigenvalue weighted by atomic mass is 35.5. The van der Waals surface area contributed by atoms with Gasteiger partial charge in [-0.15, -0.1) is 0 Å². The van der Waals surface area contributed by atoms with Crippen molar-refractivity contribution in [3.8, 4) is 6.07 Å². The van der Waals surface area contributed by atoms with E-state index in [1.807, 2.05) is 4.72 Å². The number of benzene rings is 1. The van der Waals surface area contributed by atoms with E-state index < -0.39 is 37.6 Å². The van der Waals surface area contributed by atoms with Gasteiger partial charge in [0.15, 0.2) is 11.1 Å². The molecule has 98 valence electrons. The van der Waals surface area contributed by atoms with Gasteiger partial charge in [0.05, 0.1) is 11.1 Å². The summed E-state index contributed by atoms with van der Waals surface area (Å²) in [5, 5.41) is 6.92. The molecule has 0 bridgehead atoms. The van der Waals surface area contributed by atoms with E-state index >= 15 is 0 Å². The number of sulfonamides is 1. The number of hydrogen-bond donors (Lipinski definition) is 1. The molecule has 0 heterocycles. The third-order valence-electron chi connectivity index (χ3n) is 2.14. The second-order valence-corrected chi connectivity index (χ2v) is 5.69. The van der Waals surface area contributed by atoms with Gasteiger partial charge in [0.1, 0.15) is 11.5 Å². The molecule has 1 aromatic carbocycles. The molecule has 0 radical (unpaired) electrons. The molecule has 0 saturated heterocycles. The molecule has 8 heteroatoms. The van der Waals surface area contributed by atoms with Crippen LogP contribution in [0.15, 0.2) is 12.1 Å². The van der Waals surface area contributed by atoms with Crippen LogP contribution < -0.4 is 4.72 Å². The molecule has 0 amide bonds. The van der Waals surface area contributed by atoms with Crippen LogP contribution in [0.5, 0.6) is 0 Å². The van der Waals surface area contributed by atoms with Crippen LogP contribution in [0.25, 0.3) is 0 Å². The number of nitriles is 1. The van der Waals surface area contributed by atoms with Crippen molar-refractivity contribution >= 4 is 27.3 Å². The van der Waals surface area contributed by atoms with Crippen molar-refractivity contribution in [2.24, 2.45) is 0 Å². The summed E-state index contributed by atoms with van der Waals surface area (Å²) in [6, 6.07) is 2.84. The quantitative estimate of drug-likeness (QED) is 0.928. The lowest BCUT2D eigenvalue weighted by Crippen LogP contribution is -2.26. The van der Waals surface area contributed by atoms with E-state index in [4.69, 9.17) is 16.9 Å². The number of halogens is 3. The molecule has 0 fully saturated rings. The van der Waals surface area contributed by atoms with Crippen molar-refractivity contribution in [1.82, 2.24) is 0 Å². The van der Waals surface area contributed by atoms with Crippen LogP contribution in [0, 0.1) is 23.0 Å². The molecule has 1 atom stereocenters. The third kappa shape index (κ3) is 3.09. The predicted octanol–water partition coefficient (Wildman–Crippen LogP) is 2.66. The van der Waals surface area contributed by atoms with Crippen LogP contribution >= 0.6 is 11.6 Å². The first-order valence-corrected chi connectivity index (χ1v) is 6.80. The average Bonchev–Trinajstić information content (AvgIpc) is 2.24. The van der Waals surface area contributed by atoms with Crippen molar-refractivity contribution < 1.29 is 17.2 Å². The molecule has 1 unspecified atom stereocenters. The first kappa shape index (κ1) is 14.7. The van der Waals surface area contributed by atoms with Gasteiger partial charge in [-0.25, -0.2) is 17.2 Å². The van der Waals surface area contributed by atoms with Gasteiger partial charge in [-0.2, -0.15) is 5.26 Å². The van der Waals surface area contributed by atoms with Crippen molar-refractivity contribution in [1.29, 1.82) is 5.26 Å². The summed E-state index contributed by atoms with van der Waals surface area (Å²) in [4.78, 5) is 0. The standard InChI is InChI=1S/C10H9ClF2N2O2S/c1-2-7(5-14)18(16,17)15-10-8(11)3-6(12)4-9(10)13/h3-4,7,15H,2H2,1H3. The topological polar surface area (TPSA) is 70.0 Å². The molecule has 0 aliphatic carbocycles. The van der Waals surface area contributed by atoms with Crippen molar-refractivity contribution in [3.05, 3.63) is 28.8 Å². The minimum absolute atomic E-state index is 0.0340. The summed E-state index contributed by atoms with van der Waals surface area (Å²) >= 11 is 5.54. The lowest BCUT2D eigenvalue weighted by atomic mass is 10.3. The maximum atomic E-state index is 13.4. The highest BCUT2D eigenvalue weighted by Crippen LogP contribution is 2.28. The van der Waals surface area contributed by atoms with E-state index in [9.17, 15) is 17.2 Å². The first-order chi connectivity index (χ1) is 8.31. The second-order valence-electron chi connectivity index (χ2n) is 3.42. The molecule has 4 nitrogen and oxygen atoms in total. The smallest absolute Gasteiger partial charge is 0.249 e. The Morgan fingerprint density at radius 2 is 2.11 bits per heavy atom. The minimum Gasteiger partial charge on any atom is -0.278 e. The molecule has 1 aromatic rings. The largest absolute Gasteiger partial charge is 0.278 e. The lowest BCUT2D eigenvalue weighted by molar-refractivity contribution is 0.580. The fourth-order valence-electron chi connectivity index (χ4n) is 1.23. The minimum atomic E-state index is -4.09. The van der Waals surface area contributed by atoms with Crippen LogP contribution in [0.1, 0.15) is 13.3 Å². The number of nitrogens with zero attached hydrogens (tertiary/aromatic N) is 1. The Kier molecular flexibility index (Phi) is 4.48. The lowest BCUT2D eigenvalue weighted by Gasteiger charge is -2.13. The van der Waals surface area contributed by atoms with E-state index in [-0.39, 0.29) is 6.42 Å². The normalized spacial score (nSPS) is 12.8. The molecule has 18 heavy (non-hydrogen) atoms. The monoisotopic (exact) mass is 294 g/mol. The highest BCUT2D eigenvalue weighted by Gasteiger charge is 2.25. The SMILES string of the molecule is CCC(C#N)S(=O)(=O)Nc1c(F)cc(F)cc1Cl. The van der Waals surface area contributed by atoms with Gasteiger partial charge in [-0.1, -0.05) is 18.5 Å². The molecule has 0 aliphatic heterocycles. The van der Waals surface area contributed by atoms with Crippen LogP contribution in [0.4, 0.5) is 14.5 Å². The van der Waals surface area contributed by atoms with E-state index in [0.29, 0.717) is 6.07 Å². The van der Waals surface area contributed by atoms with Gasteiger partial charge in [-0.3, -0.25) is 4.72 Å². The predicted molar refractivity (Wildman–Crippen MR) is 63.6 cm³/mol. The fraction of sp³-hybridized carbons (Fsp3) is 0.300. The van der Waals surface area contributed by atoms with Gasteiger partial charge >= 0.3 is 0 Å². The van der Waals surface area contributed by atoms with E-state index in [0.717, 1.165) is 6.07 Å². The summed E-state index contributed by atoms with van der Waals surface area (Å²) in [6.07, 6.45) is 0.0340. The van der Waals surface area contributed by atoms with Gasteiger partial charge in [0.25, 0.3) is 0 Å². The van der Waals surface area contributed by atoms with Gasteiger partial charge in [0.2, 0.25) is 10.0 Å². The molecule has 1 rings (SSSR count). The summed E-state index contributed by atoms with van der Waals surface area (Å²) in [5.41, 5.74) is -0.563. The Balaban J connectivity index is 3.17. The number of hydrogen-bond acceptors (Lipinski definition) is 3. The zero-order valence-corrected chi connectivity index (χ0v) is 10.8. The van der Waals surface area contributed by atoms with Crippen LogP contribution in [0.3, 0.4) is 0 Å². The van der Waals surface area contributed by atoms with Crippen molar-refractivity contribution in [3.63, 3.8) is 0 Å². The van der Waals surface area contributed by atoms with E-state index in [2.05, 4.69) is 0 Å². The zero-order chi connectivity index (χ0) is 13.9. The third-order valence-corrected chi connectivity index (χ3v) is 4.12. The molecule has 0 aliphatic rings. The molecular formula is C10H9ClF2N2O2S. The fourth-order valence-corrected chi connectivity index (χ4v) is 2.74. The first-order valence-electron chi connectivity index (χ1n) is 4.87. The van der Waals surface area contributed by atoms with E-state index in [1.165, 1.54) is 6.92 Å². The summed E-state index contributed by atoms with van der Waals surface area (Å²) in [6.45, 7) is 1.50. The Labute approximate surface area is 108 Å². The average molecular weight is 295 g/mol. The molecule has 0 spiro atoms. The second kappa shape index (κ2) is 5.50. The zero-order valence-electron chi connectivity index (χ0n) is 9.25. The Hall–Kier alpha value is -1.39. The molecular weight excluding hydrogens is 286 g/mol. The van der Waals surface area contributed by atoms with Crippen LogP contribution in [-0.2, 0) is 10.0 Å². The number of anilines is 1. The van der Waals surface area contributed by atoms with Gasteiger partial charge in [-0.05, 0) is 12.5 Å². The maximum absolute atomic E-state index is 13.4. The summed E-state index contributed by atoms with van der Waals surface area (Å²) < 4.78 is 51.4. The summed E-state index contributed by atoms with van der Waals surface area (Å²) in [7, 11) is -4.09. The van der Waals surface area contributed by atoms with Crippen molar-refractivity contribution in [2.75, 3.05) is 4.72 Å². The Morgan fingerprint density at radius 1 is 1.50 bits per heavy atom. The van der Waals surface area contributed by atoms with Crippen molar-refractivity contribution in [2.45, 2.75) is 18.6 Å². The maximum Gasteiger partial charge on any atom is 0.249 e. The Morgan fingerprint density at radius 3 is 2.56 bits per heavy atom. The van der Waals surface area contributed by atoms with E-state index in [1.54, 1.807) is 6.07 Å². The molecule has 0 aromatic heterocycles.